The second-order valence-electron chi connectivity index (χ2n) is 5.13. The van der Waals surface area contributed by atoms with Crippen LogP contribution in [0.4, 0.5) is 0 Å². The van der Waals surface area contributed by atoms with E-state index in [1.54, 1.807) is 7.11 Å². The van der Waals surface area contributed by atoms with E-state index in [-0.39, 0.29) is 0 Å². The molecule has 0 heterocycles. The molecule has 0 bridgehead atoms. The average Bonchev–Trinajstić information content (AvgIpc) is 2.90. The van der Waals surface area contributed by atoms with E-state index in [1.807, 2.05) is 6.07 Å². The third kappa shape index (κ3) is 3.42. The fraction of sp³-hybridized carbons (Fsp3) is 0.600. The Hall–Kier alpha value is -0.210. The second kappa shape index (κ2) is 6.81. The van der Waals surface area contributed by atoms with E-state index in [9.17, 15) is 0 Å². The third-order valence-corrected chi connectivity index (χ3v) is 4.99. The number of methoxy groups -OCH3 is 1. The van der Waals surface area contributed by atoms with Gasteiger partial charge in [0, 0.05) is 5.88 Å². The van der Waals surface area contributed by atoms with E-state index in [2.05, 4.69) is 28.1 Å². The second-order valence-corrected chi connectivity index (χ2v) is 6.29. The molecule has 2 rings (SSSR count). The molecule has 1 aliphatic rings. The largest absolute Gasteiger partial charge is 0.496 e. The van der Waals surface area contributed by atoms with Crippen LogP contribution in [-0.2, 0) is 6.42 Å². The lowest BCUT2D eigenvalue weighted by atomic mass is 9.87. The highest BCUT2D eigenvalue weighted by Gasteiger charge is 2.24. The smallest absolute Gasteiger partial charge is 0.133 e. The first kappa shape index (κ1) is 14.2. The highest BCUT2D eigenvalue weighted by Crippen LogP contribution is 2.35. The molecule has 100 valence electrons. The van der Waals surface area contributed by atoms with Gasteiger partial charge < -0.3 is 4.74 Å². The predicted molar refractivity (Wildman–Crippen MR) is 80.6 cm³/mol. The Morgan fingerprint density at radius 1 is 1.39 bits per heavy atom. The average molecular weight is 332 g/mol. The fourth-order valence-corrected chi connectivity index (χ4v) is 3.86. The first-order chi connectivity index (χ1) is 8.74. The summed E-state index contributed by atoms with van der Waals surface area (Å²) in [6.45, 7) is 0. The topological polar surface area (TPSA) is 9.23 Å². The van der Waals surface area contributed by atoms with Crippen LogP contribution in [0.3, 0.4) is 0 Å². The summed E-state index contributed by atoms with van der Waals surface area (Å²) in [5.74, 6) is 3.11. The van der Waals surface area contributed by atoms with Crippen LogP contribution < -0.4 is 4.74 Å². The number of alkyl halides is 1. The summed E-state index contributed by atoms with van der Waals surface area (Å²) in [7, 11) is 1.69. The summed E-state index contributed by atoms with van der Waals surface area (Å²) in [5, 5.41) is 0. The van der Waals surface area contributed by atoms with Crippen LogP contribution >= 0.6 is 27.5 Å². The van der Waals surface area contributed by atoms with Crippen molar-refractivity contribution < 1.29 is 4.74 Å². The number of rotatable bonds is 5. The van der Waals surface area contributed by atoms with E-state index < -0.39 is 0 Å². The molecule has 1 aromatic rings. The van der Waals surface area contributed by atoms with Crippen molar-refractivity contribution in [2.24, 2.45) is 11.8 Å². The van der Waals surface area contributed by atoms with Gasteiger partial charge in [-0.1, -0.05) is 31.7 Å². The van der Waals surface area contributed by atoms with Crippen LogP contribution in [0.15, 0.2) is 22.7 Å². The van der Waals surface area contributed by atoms with Gasteiger partial charge in [-0.05, 0) is 51.9 Å². The van der Waals surface area contributed by atoms with Crippen LogP contribution in [0.1, 0.15) is 31.2 Å². The highest BCUT2D eigenvalue weighted by molar-refractivity contribution is 9.10. The molecule has 0 aliphatic heterocycles. The Bertz CT molecular complexity index is 388. The molecule has 1 fully saturated rings. The summed E-state index contributed by atoms with van der Waals surface area (Å²) in [4.78, 5) is 0. The highest BCUT2D eigenvalue weighted by atomic mass is 79.9. The maximum atomic E-state index is 6.16. The van der Waals surface area contributed by atoms with Gasteiger partial charge in [0.05, 0.1) is 11.6 Å². The van der Waals surface area contributed by atoms with Crippen LogP contribution in [-0.4, -0.2) is 13.0 Å². The van der Waals surface area contributed by atoms with E-state index >= 15 is 0 Å². The van der Waals surface area contributed by atoms with Gasteiger partial charge in [-0.25, -0.2) is 0 Å². The van der Waals surface area contributed by atoms with E-state index in [4.69, 9.17) is 16.3 Å². The molecular formula is C15H20BrClO. The zero-order valence-electron chi connectivity index (χ0n) is 10.8. The SMILES string of the molecule is COc1ccc(CC(CCl)C2CCCC2)cc1Br. The van der Waals surface area contributed by atoms with Crippen molar-refractivity contribution in [1.29, 1.82) is 0 Å². The minimum atomic E-state index is 0.620. The number of hydrogen-bond donors (Lipinski definition) is 0. The van der Waals surface area contributed by atoms with Gasteiger partial charge in [-0.3, -0.25) is 0 Å². The Kier molecular flexibility index (Phi) is 5.38. The lowest BCUT2D eigenvalue weighted by Gasteiger charge is -2.21. The zero-order chi connectivity index (χ0) is 13.0. The molecule has 3 heteroatoms. The fourth-order valence-electron chi connectivity index (χ4n) is 2.92. The maximum absolute atomic E-state index is 6.16. The zero-order valence-corrected chi connectivity index (χ0v) is 13.1. The van der Waals surface area contributed by atoms with Gasteiger partial charge in [0.1, 0.15) is 5.75 Å². The van der Waals surface area contributed by atoms with E-state index in [0.717, 1.165) is 28.4 Å². The Balaban J connectivity index is 2.04. The van der Waals surface area contributed by atoms with E-state index in [1.165, 1.54) is 31.2 Å². The van der Waals surface area contributed by atoms with Crippen LogP contribution in [0.2, 0.25) is 0 Å². The molecule has 1 saturated carbocycles. The quantitative estimate of drug-likeness (QED) is 0.686. The standard InChI is InChI=1S/C15H20BrClO/c1-18-15-7-6-11(9-14(15)16)8-13(10-17)12-4-2-3-5-12/h6-7,9,12-13H,2-5,8,10H2,1H3. The minimum absolute atomic E-state index is 0.620. The van der Waals surface area contributed by atoms with Crippen molar-refractivity contribution in [3.63, 3.8) is 0 Å². The molecule has 1 aliphatic carbocycles. The molecule has 0 aromatic heterocycles. The molecule has 0 amide bonds. The molecule has 1 nitrogen and oxygen atoms in total. The molecule has 0 spiro atoms. The molecule has 18 heavy (non-hydrogen) atoms. The first-order valence-electron chi connectivity index (χ1n) is 6.63. The van der Waals surface area contributed by atoms with Gasteiger partial charge in [0.2, 0.25) is 0 Å². The molecule has 0 saturated heterocycles. The number of hydrogen-bond acceptors (Lipinski definition) is 1. The number of benzene rings is 1. The van der Waals surface area contributed by atoms with Crippen molar-refractivity contribution in [1.82, 2.24) is 0 Å². The Morgan fingerprint density at radius 3 is 2.67 bits per heavy atom. The van der Waals surface area contributed by atoms with Gasteiger partial charge in [0.25, 0.3) is 0 Å². The Labute approximate surface area is 123 Å². The van der Waals surface area contributed by atoms with Crippen molar-refractivity contribution in [3.05, 3.63) is 28.2 Å². The van der Waals surface area contributed by atoms with Crippen molar-refractivity contribution in [2.45, 2.75) is 32.1 Å². The van der Waals surface area contributed by atoms with Crippen LogP contribution in [0.5, 0.6) is 5.75 Å². The van der Waals surface area contributed by atoms with Crippen LogP contribution in [0, 0.1) is 11.8 Å². The molecule has 1 aromatic carbocycles. The summed E-state index contributed by atoms with van der Waals surface area (Å²) in [5.41, 5.74) is 1.35. The molecule has 1 unspecified atom stereocenters. The third-order valence-electron chi connectivity index (χ3n) is 3.98. The van der Waals surface area contributed by atoms with Crippen molar-refractivity contribution >= 4 is 27.5 Å². The summed E-state index contributed by atoms with van der Waals surface area (Å²) in [6, 6.07) is 6.34. The lowest BCUT2D eigenvalue weighted by molar-refractivity contribution is 0.368. The normalized spacial score (nSPS) is 17.9. The van der Waals surface area contributed by atoms with Gasteiger partial charge in [0.15, 0.2) is 0 Å². The number of ether oxygens (including phenoxy) is 1. The maximum Gasteiger partial charge on any atom is 0.133 e. The van der Waals surface area contributed by atoms with Gasteiger partial charge >= 0.3 is 0 Å². The van der Waals surface area contributed by atoms with Crippen molar-refractivity contribution in [3.8, 4) is 5.75 Å². The summed E-state index contributed by atoms with van der Waals surface area (Å²) in [6.07, 6.45) is 6.55. The minimum Gasteiger partial charge on any atom is -0.496 e. The van der Waals surface area contributed by atoms with Crippen molar-refractivity contribution in [2.75, 3.05) is 13.0 Å². The first-order valence-corrected chi connectivity index (χ1v) is 7.95. The van der Waals surface area contributed by atoms with Gasteiger partial charge in [-0.2, -0.15) is 0 Å². The van der Waals surface area contributed by atoms with Gasteiger partial charge in [-0.15, -0.1) is 11.6 Å². The van der Waals surface area contributed by atoms with Crippen LogP contribution in [0.25, 0.3) is 0 Å². The number of halogens is 2. The lowest BCUT2D eigenvalue weighted by Crippen LogP contribution is -2.16. The molecule has 0 N–H and O–H groups in total. The van der Waals surface area contributed by atoms with E-state index in [0.29, 0.717) is 5.92 Å². The monoisotopic (exact) mass is 330 g/mol. The summed E-state index contributed by atoms with van der Waals surface area (Å²) >= 11 is 9.70. The molecular weight excluding hydrogens is 312 g/mol. The molecule has 1 atom stereocenters. The summed E-state index contributed by atoms with van der Waals surface area (Å²) < 4.78 is 6.29. The molecule has 0 radical (unpaired) electrons. The predicted octanol–water partition coefficient (Wildman–Crippen LogP) is 5.05. The Morgan fingerprint density at radius 2 is 2.11 bits per heavy atom.